The molecule has 1 nitrogen and oxygen atoms in total. The summed E-state index contributed by atoms with van der Waals surface area (Å²) in [5, 5.41) is 3.70. The van der Waals surface area contributed by atoms with Crippen molar-refractivity contribution in [2.75, 3.05) is 6.54 Å². The topological polar surface area (TPSA) is 12.0 Å². The molecule has 3 rings (SSSR count). The van der Waals surface area contributed by atoms with E-state index in [2.05, 4.69) is 48.7 Å². The highest BCUT2D eigenvalue weighted by molar-refractivity contribution is 8.06. The van der Waals surface area contributed by atoms with Gasteiger partial charge < -0.3 is 5.32 Å². The first-order chi connectivity index (χ1) is 10.8. The minimum absolute atomic E-state index is 0.620. The smallest absolute Gasteiger partial charge is 0.0268 e. The van der Waals surface area contributed by atoms with Crippen molar-refractivity contribution in [1.29, 1.82) is 0 Å². The van der Waals surface area contributed by atoms with Gasteiger partial charge in [0.15, 0.2) is 0 Å². The van der Waals surface area contributed by atoms with E-state index >= 15 is 0 Å². The van der Waals surface area contributed by atoms with Crippen molar-refractivity contribution in [3.05, 3.63) is 57.4 Å². The van der Waals surface area contributed by atoms with Crippen molar-refractivity contribution in [3.63, 3.8) is 0 Å². The predicted molar refractivity (Wildman–Crippen MR) is 102 cm³/mol. The highest BCUT2D eigenvalue weighted by Crippen LogP contribution is 2.29. The van der Waals surface area contributed by atoms with Crippen molar-refractivity contribution >= 4 is 11.8 Å². The largest absolute Gasteiger partial charge is 0.309 e. The van der Waals surface area contributed by atoms with Gasteiger partial charge in [-0.05, 0) is 47.1 Å². The van der Waals surface area contributed by atoms with Gasteiger partial charge in [-0.1, -0.05) is 75.9 Å². The molecule has 0 fully saturated rings. The third kappa shape index (κ3) is 5.66. The summed E-state index contributed by atoms with van der Waals surface area (Å²) in [7, 11) is 0. The van der Waals surface area contributed by atoms with Crippen LogP contribution in [0.4, 0.5) is 0 Å². The molecule has 2 aliphatic rings. The molecule has 1 N–H and O–H groups in total. The number of allylic oxidation sites excluding steroid dienone is 3. The Kier molecular flexibility index (Phi) is 9.26. The van der Waals surface area contributed by atoms with Gasteiger partial charge in [-0.2, -0.15) is 0 Å². The lowest BCUT2D eigenvalue weighted by Gasteiger charge is -2.16. The van der Waals surface area contributed by atoms with E-state index in [9.17, 15) is 0 Å². The summed E-state index contributed by atoms with van der Waals surface area (Å²) in [5.74, 6) is 0. The van der Waals surface area contributed by atoms with E-state index in [0.717, 1.165) is 13.0 Å². The van der Waals surface area contributed by atoms with Crippen LogP contribution in [0.25, 0.3) is 0 Å². The molecular formula is C20H31NS. The molecule has 0 radical (unpaired) electrons. The Bertz CT molecular complexity index is 477. The van der Waals surface area contributed by atoms with Crippen molar-refractivity contribution in [2.45, 2.75) is 59.9 Å². The van der Waals surface area contributed by atoms with Gasteiger partial charge in [0, 0.05) is 12.6 Å². The highest BCUT2D eigenvalue weighted by Gasteiger charge is 2.20. The standard InChI is InChI=1S/C16H19NS.2C2H6/c1-12-5-4-8-16(18-12)11-17-15-9-13-6-2-3-7-14(13)10-15;2*1-2/h2-3,5-8,15,17H,4,9-11H2,1H3;2*1-2H3. The number of fused-ring (bicyclic) bond motifs is 1. The summed E-state index contributed by atoms with van der Waals surface area (Å²) in [6, 6.07) is 9.44. The van der Waals surface area contributed by atoms with E-state index in [1.807, 2.05) is 39.5 Å². The van der Waals surface area contributed by atoms with Gasteiger partial charge >= 0.3 is 0 Å². The first-order valence-corrected chi connectivity index (χ1v) is 9.47. The molecule has 0 unspecified atom stereocenters. The fourth-order valence-corrected chi connectivity index (χ4v) is 3.63. The monoisotopic (exact) mass is 317 g/mol. The number of rotatable bonds is 3. The molecule has 122 valence electrons. The minimum atomic E-state index is 0.620. The molecule has 0 bridgehead atoms. The van der Waals surface area contributed by atoms with Crippen LogP contribution in [0.2, 0.25) is 0 Å². The summed E-state index contributed by atoms with van der Waals surface area (Å²) in [4.78, 5) is 2.91. The van der Waals surface area contributed by atoms with Crippen molar-refractivity contribution in [2.24, 2.45) is 0 Å². The number of nitrogens with one attached hydrogen (secondary N) is 1. The molecule has 2 heteroatoms. The Labute approximate surface area is 141 Å². The third-order valence-electron chi connectivity index (χ3n) is 3.66. The summed E-state index contributed by atoms with van der Waals surface area (Å²) >= 11 is 1.91. The van der Waals surface area contributed by atoms with Gasteiger partial charge in [-0.15, -0.1) is 0 Å². The van der Waals surface area contributed by atoms with E-state index < -0.39 is 0 Å². The second kappa shape index (κ2) is 10.7. The molecule has 0 atom stereocenters. The van der Waals surface area contributed by atoms with Crippen LogP contribution in [0, 0.1) is 0 Å². The second-order valence-corrected chi connectivity index (χ2v) is 6.45. The molecule has 22 heavy (non-hydrogen) atoms. The first-order valence-electron chi connectivity index (χ1n) is 8.65. The van der Waals surface area contributed by atoms with Gasteiger partial charge in [0.05, 0.1) is 0 Å². The zero-order chi connectivity index (χ0) is 16.4. The Morgan fingerprint density at radius 2 is 1.59 bits per heavy atom. The molecule has 1 aliphatic carbocycles. The molecule has 0 amide bonds. The molecule has 1 aliphatic heterocycles. The maximum Gasteiger partial charge on any atom is 0.0268 e. The summed E-state index contributed by atoms with van der Waals surface area (Å²) in [5.41, 5.74) is 3.05. The molecule has 1 heterocycles. The first kappa shape index (κ1) is 19.1. The lowest BCUT2D eigenvalue weighted by Crippen LogP contribution is -2.31. The van der Waals surface area contributed by atoms with Crippen molar-refractivity contribution in [3.8, 4) is 0 Å². The zero-order valence-corrected chi connectivity index (χ0v) is 15.6. The predicted octanol–water partition coefficient (Wildman–Crippen LogP) is 5.72. The van der Waals surface area contributed by atoms with Gasteiger partial charge in [0.25, 0.3) is 0 Å². The number of hydrogen-bond donors (Lipinski definition) is 1. The van der Waals surface area contributed by atoms with Gasteiger partial charge in [0.1, 0.15) is 0 Å². The molecular weight excluding hydrogens is 286 g/mol. The van der Waals surface area contributed by atoms with Crippen LogP contribution in [0.5, 0.6) is 0 Å². The van der Waals surface area contributed by atoms with Crippen LogP contribution in [0.1, 0.15) is 52.2 Å². The molecule has 0 aromatic heterocycles. The molecule has 1 aromatic rings. The molecule has 0 saturated carbocycles. The van der Waals surface area contributed by atoms with E-state index in [4.69, 9.17) is 0 Å². The Morgan fingerprint density at radius 1 is 1.00 bits per heavy atom. The minimum Gasteiger partial charge on any atom is -0.309 e. The molecule has 0 spiro atoms. The maximum absolute atomic E-state index is 3.70. The average molecular weight is 318 g/mol. The van der Waals surface area contributed by atoms with Gasteiger partial charge in [-0.25, -0.2) is 0 Å². The lowest BCUT2D eigenvalue weighted by molar-refractivity contribution is 0.564. The van der Waals surface area contributed by atoms with Crippen LogP contribution in [0.3, 0.4) is 0 Å². The lowest BCUT2D eigenvalue weighted by atomic mass is 10.1. The average Bonchev–Trinajstić information content (AvgIpc) is 3.00. The van der Waals surface area contributed by atoms with Crippen LogP contribution in [0.15, 0.2) is 46.2 Å². The third-order valence-corrected chi connectivity index (χ3v) is 4.72. The van der Waals surface area contributed by atoms with Crippen molar-refractivity contribution in [1.82, 2.24) is 5.32 Å². The Morgan fingerprint density at radius 3 is 2.14 bits per heavy atom. The van der Waals surface area contributed by atoms with E-state index in [-0.39, 0.29) is 0 Å². The quantitative estimate of drug-likeness (QED) is 0.765. The number of thioether (sulfide) groups is 1. The van der Waals surface area contributed by atoms with Gasteiger partial charge in [0.2, 0.25) is 0 Å². The van der Waals surface area contributed by atoms with Gasteiger partial charge in [-0.3, -0.25) is 0 Å². The van der Waals surface area contributed by atoms with Crippen LogP contribution in [-0.4, -0.2) is 12.6 Å². The van der Waals surface area contributed by atoms with Crippen LogP contribution < -0.4 is 5.32 Å². The number of benzene rings is 1. The van der Waals surface area contributed by atoms with E-state index in [1.54, 1.807) is 0 Å². The Balaban J connectivity index is 0.000000561. The zero-order valence-electron chi connectivity index (χ0n) is 14.8. The van der Waals surface area contributed by atoms with E-state index in [1.165, 1.54) is 33.8 Å². The fourth-order valence-electron chi connectivity index (χ4n) is 2.70. The van der Waals surface area contributed by atoms with Crippen molar-refractivity contribution < 1.29 is 0 Å². The summed E-state index contributed by atoms with van der Waals surface area (Å²) in [6.07, 6.45) is 8.10. The second-order valence-electron chi connectivity index (χ2n) is 5.08. The molecule has 1 aromatic carbocycles. The SMILES string of the molecule is CC.CC.CC1=CCC=C(CNC2Cc3ccccc3C2)S1. The summed E-state index contributed by atoms with van der Waals surface area (Å²) < 4.78 is 0. The normalized spacial score (nSPS) is 16.4. The van der Waals surface area contributed by atoms with E-state index in [0.29, 0.717) is 6.04 Å². The fraction of sp³-hybridized carbons (Fsp3) is 0.500. The molecule has 0 saturated heterocycles. The highest BCUT2D eigenvalue weighted by atomic mass is 32.2. The van der Waals surface area contributed by atoms with Crippen LogP contribution in [-0.2, 0) is 12.8 Å². The Hall–Kier alpha value is -0.990. The number of hydrogen-bond acceptors (Lipinski definition) is 2. The van der Waals surface area contributed by atoms with Crippen LogP contribution >= 0.6 is 11.8 Å². The maximum atomic E-state index is 3.70. The summed E-state index contributed by atoms with van der Waals surface area (Å²) in [6.45, 7) is 11.2.